The largest absolute Gasteiger partial charge is 0.481 e. The fourth-order valence-corrected chi connectivity index (χ4v) is 1.57. The summed E-state index contributed by atoms with van der Waals surface area (Å²) in [7, 11) is 0. The number of ketones is 1. The van der Waals surface area contributed by atoms with Crippen molar-refractivity contribution in [2.75, 3.05) is 0 Å². The first kappa shape index (κ1) is 12.4. The van der Waals surface area contributed by atoms with Crippen molar-refractivity contribution in [2.45, 2.75) is 27.2 Å². The highest BCUT2D eigenvalue weighted by atomic mass is 16.4. The molecule has 0 bridgehead atoms. The summed E-state index contributed by atoms with van der Waals surface area (Å²) < 4.78 is 0. The molecule has 3 heteroatoms. The van der Waals surface area contributed by atoms with E-state index in [0.717, 1.165) is 17.5 Å². The van der Waals surface area contributed by atoms with Gasteiger partial charge in [-0.15, -0.1) is 0 Å². The molecule has 0 amide bonds. The normalized spacial score (nSPS) is 12.2. The number of carbonyl (C=O) groups excluding carboxylic acids is 1. The summed E-state index contributed by atoms with van der Waals surface area (Å²) in [5, 5.41) is 8.78. The van der Waals surface area contributed by atoms with Gasteiger partial charge in [0.05, 0.1) is 0 Å². The van der Waals surface area contributed by atoms with Crippen molar-refractivity contribution in [3.8, 4) is 0 Å². The number of hydrogen-bond acceptors (Lipinski definition) is 2. The molecule has 0 fully saturated rings. The van der Waals surface area contributed by atoms with Crippen LogP contribution in [-0.2, 0) is 11.2 Å². The molecule has 16 heavy (non-hydrogen) atoms. The zero-order valence-corrected chi connectivity index (χ0v) is 9.78. The van der Waals surface area contributed by atoms with Crippen LogP contribution in [0.15, 0.2) is 18.2 Å². The van der Waals surface area contributed by atoms with E-state index in [9.17, 15) is 9.59 Å². The lowest BCUT2D eigenvalue weighted by molar-refractivity contribution is -0.139. The summed E-state index contributed by atoms with van der Waals surface area (Å²) in [5.41, 5.74) is 2.50. The molecule has 0 heterocycles. The topological polar surface area (TPSA) is 54.4 Å². The van der Waals surface area contributed by atoms with Gasteiger partial charge in [0.2, 0.25) is 0 Å². The molecule has 1 aromatic carbocycles. The Bertz CT molecular complexity index is 421. The van der Waals surface area contributed by atoms with Crippen LogP contribution >= 0.6 is 0 Å². The minimum atomic E-state index is -1.08. The third kappa shape index (κ3) is 2.48. The Hall–Kier alpha value is -1.64. The summed E-state index contributed by atoms with van der Waals surface area (Å²) in [6.45, 7) is 5.29. The maximum atomic E-state index is 11.8. The molecular weight excluding hydrogens is 204 g/mol. The average molecular weight is 220 g/mol. The third-order valence-electron chi connectivity index (χ3n) is 2.73. The van der Waals surface area contributed by atoms with E-state index in [4.69, 9.17) is 5.11 Å². The van der Waals surface area contributed by atoms with E-state index in [2.05, 4.69) is 0 Å². The fraction of sp³-hybridized carbons (Fsp3) is 0.385. The van der Waals surface area contributed by atoms with Crippen molar-refractivity contribution >= 4 is 11.8 Å². The lowest BCUT2D eigenvalue weighted by atomic mass is 9.94. The number of carboxylic acid groups (broad SMARTS) is 1. The summed E-state index contributed by atoms with van der Waals surface area (Å²) in [4.78, 5) is 22.6. The van der Waals surface area contributed by atoms with E-state index in [0.29, 0.717) is 5.56 Å². The highest BCUT2D eigenvalue weighted by molar-refractivity contribution is 6.08. The molecule has 0 spiro atoms. The second kappa shape index (κ2) is 4.92. The second-order valence-electron chi connectivity index (χ2n) is 3.93. The molecule has 0 saturated carbocycles. The van der Waals surface area contributed by atoms with E-state index >= 15 is 0 Å². The lowest BCUT2D eigenvalue weighted by Crippen LogP contribution is -2.21. The minimum absolute atomic E-state index is 0.326. The van der Waals surface area contributed by atoms with Crippen LogP contribution in [0.2, 0.25) is 0 Å². The van der Waals surface area contributed by atoms with Crippen LogP contribution in [0, 0.1) is 12.8 Å². The van der Waals surface area contributed by atoms with E-state index in [1.165, 1.54) is 6.92 Å². The van der Waals surface area contributed by atoms with Crippen LogP contribution in [0.1, 0.15) is 35.3 Å². The Kier molecular flexibility index (Phi) is 3.82. The summed E-state index contributed by atoms with van der Waals surface area (Å²) >= 11 is 0. The first-order valence-electron chi connectivity index (χ1n) is 5.34. The van der Waals surface area contributed by atoms with Crippen molar-refractivity contribution in [2.24, 2.45) is 5.92 Å². The predicted octanol–water partition coefficient (Wildman–Crippen LogP) is 2.46. The monoisotopic (exact) mass is 220 g/mol. The summed E-state index contributed by atoms with van der Waals surface area (Å²) in [6, 6.07) is 5.52. The van der Waals surface area contributed by atoms with E-state index in [1.807, 2.05) is 26.0 Å². The van der Waals surface area contributed by atoms with Crippen molar-refractivity contribution in [1.29, 1.82) is 0 Å². The van der Waals surface area contributed by atoms with E-state index in [-0.39, 0.29) is 5.78 Å². The molecule has 1 atom stereocenters. The van der Waals surface area contributed by atoms with Gasteiger partial charge in [0.1, 0.15) is 5.92 Å². The predicted molar refractivity (Wildman–Crippen MR) is 61.7 cm³/mol. The number of carboxylic acids is 1. The number of aryl methyl sites for hydroxylation is 2. The van der Waals surface area contributed by atoms with E-state index in [1.54, 1.807) is 6.07 Å². The summed E-state index contributed by atoms with van der Waals surface area (Å²) in [5.74, 6) is -2.39. The highest BCUT2D eigenvalue weighted by Crippen LogP contribution is 2.16. The van der Waals surface area contributed by atoms with Gasteiger partial charge in [-0.05, 0) is 31.4 Å². The molecule has 1 unspecified atom stereocenters. The number of benzene rings is 1. The molecule has 0 aliphatic carbocycles. The van der Waals surface area contributed by atoms with Gasteiger partial charge < -0.3 is 5.11 Å². The van der Waals surface area contributed by atoms with Crippen LogP contribution in [0.5, 0.6) is 0 Å². The van der Waals surface area contributed by atoms with E-state index < -0.39 is 11.9 Å². The first-order chi connectivity index (χ1) is 7.47. The molecule has 0 aromatic heterocycles. The Morgan fingerprint density at radius 1 is 1.38 bits per heavy atom. The van der Waals surface area contributed by atoms with Gasteiger partial charge in [-0.3, -0.25) is 9.59 Å². The SMILES string of the molecule is CCc1ccc(C(=O)C(C)C(=O)O)c(C)c1. The maximum Gasteiger partial charge on any atom is 0.314 e. The number of rotatable bonds is 4. The quantitative estimate of drug-likeness (QED) is 0.626. The smallest absolute Gasteiger partial charge is 0.314 e. The standard InChI is InChI=1S/C13H16O3/c1-4-10-5-6-11(8(2)7-10)12(14)9(3)13(15)16/h5-7,9H,4H2,1-3H3,(H,15,16). The maximum absolute atomic E-state index is 11.8. The Balaban J connectivity index is 3.05. The number of aliphatic carboxylic acids is 1. The number of hydrogen-bond donors (Lipinski definition) is 1. The van der Waals surface area contributed by atoms with Crippen LogP contribution in [0.4, 0.5) is 0 Å². The number of Topliss-reactive ketones (excluding diaryl/α,β-unsaturated/α-hetero) is 1. The van der Waals surface area contributed by atoms with Gasteiger partial charge >= 0.3 is 5.97 Å². The molecule has 1 aromatic rings. The molecule has 3 nitrogen and oxygen atoms in total. The molecule has 86 valence electrons. The Morgan fingerprint density at radius 2 is 2.00 bits per heavy atom. The second-order valence-corrected chi connectivity index (χ2v) is 3.93. The average Bonchev–Trinajstić information content (AvgIpc) is 2.26. The van der Waals surface area contributed by atoms with Gasteiger partial charge in [0, 0.05) is 5.56 Å². The third-order valence-corrected chi connectivity index (χ3v) is 2.73. The van der Waals surface area contributed by atoms with Gasteiger partial charge in [-0.25, -0.2) is 0 Å². The van der Waals surface area contributed by atoms with Crippen LogP contribution in [-0.4, -0.2) is 16.9 Å². The zero-order valence-electron chi connectivity index (χ0n) is 9.78. The van der Waals surface area contributed by atoms with Crippen molar-refractivity contribution < 1.29 is 14.7 Å². The highest BCUT2D eigenvalue weighted by Gasteiger charge is 2.23. The summed E-state index contributed by atoms with van der Waals surface area (Å²) in [6.07, 6.45) is 0.907. The van der Waals surface area contributed by atoms with Crippen LogP contribution in [0.3, 0.4) is 0 Å². The van der Waals surface area contributed by atoms with Crippen molar-refractivity contribution in [3.05, 3.63) is 34.9 Å². The molecule has 0 aliphatic rings. The molecule has 1 N–H and O–H groups in total. The molecule has 0 radical (unpaired) electrons. The first-order valence-corrected chi connectivity index (χ1v) is 5.34. The zero-order chi connectivity index (χ0) is 12.3. The molecule has 1 rings (SSSR count). The van der Waals surface area contributed by atoms with Gasteiger partial charge in [0.15, 0.2) is 5.78 Å². The van der Waals surface area contributed by atoms with Crippen LogP contribution in [0.25, 0.3) is 0 Å². The lowest BCUT2D eigenvalue weighted by Gasteiger charge is -2.09. The fourth-order valence-electron chi connectivity index (χ4n) is 1.57. The Morgan fingerprint density at radius 3 is 2.44 bits per heavy atom. The van der Waals surface area contributed by atoms with Crippen molar-refractivity contribution in [3.63, 3.8) is 0 Å². The molecule has 0 saturated heterocycles. The van der Waals surface area contributed by atoms with Gasteiger partial charge in [0.25, 0.3) is 0 Å². The van der Waals surface area contributed by atoms with Gasteiger partial charge in [-0.2, -0.15) is 0 Å². The van der Waals surface area contributed by atoms with Gasteiger partial charge in [-0.1, -0.05) is 25.1 Å². The minimum Gasteiger partial charge on any atom is -0.481 e. The van der Waals surface area contributed by atoms with Crippen LogP contribution < -0.4 is 0 Å². The molecule has 0 aliphatic heterocycles. The Labute approximate surface area is 95.1 Å². The van der Waals surface area contributed by atoms with Crippen molar-refractivity contribution in [1.82, 2.24) is 0 Å². The molecular formula is C13H16O3. The number of carbonyl (C=O) groups is 2.